The second-order valence-electron chi connectivity index (χ2n) is 4.88. The first-order valence-corrected chi connectivity index (χ1v) is 6.25. The van der Waals surface area contributed by atoms with Gasteiger partial charge in [0.1, 0.15) is 0 Å². The van der Waals surface area contributed by atoms with E-state index in [1.54, 1.807) is 0 Å². The fourth-order valence-electron chi connectivity index (χ4n) is 2.42. The standard InChI is InChI=1S/C15H17NO/c1-11-6-8-12(9-7-11)15-16-14-5-3-2-4-13(14)10-17-15/h2-3,6-9,13-14H,4-5,10H2,1H3/t13-,14-/m0/s1. The Bertz CT molecular complexity index is 458. The van der Waals surface area contributed by atoms with Crippen molar-refractivity contribution in [1.82, 2.24) is 0 Å². The zero-order valence-corrected chi connectivity index (χ0v) is 10.1. The van der Waals surface area contributed by atoms with Gasteiger partial charge < -0.3 is 4.74 Å². The molecular formula is C15H17NO. The summed E-state index contributed by atoms with van der Waals surface area (Å²) in [6, 6.07) is 8.81. The topological polar surface area (TPSA) is 21.6 Å². The summed E-state index contributed by atoms with van der Waals surface area (Å²) in [6.07, 6.45) is 6.65. The number of benzene rings is 1. The Kier molecular flexibility index (Phi) is 2.71. The van der Waals surface area contributed by atoms with Crippen molar-refractivity contribution in [2.45, 2.75) is 25.8 Å². The molecule has 0 saturated carbocycles. The highest BCUT2D eigenvalue weighted by Gasteiger charge is 2.27. The van der Waals surface area contributed by atoms with Crippen LogP contribution in [0.15, 0.2) is 41.4 Å². The van der Waals surface area contributed by atoms with E-state index >= 15 is 0 Å². The molecule has 1 aromatic rings. The largest absolute Gasteiger partial charge is 0.477 e. The van der Waals surface area contributed by atoms with Gasteiger partial charge in [0, 0.05) is 11.5 Å². The van der Waals surface area contributed by atoms with Crippen molar-refractivity contribution in [3.63, 3.8) is 0 Å². The molecule has 2 heteroatoms. The van der Waals surface area contributed by atoms with Crippen molar-refractivity contribution in [2.75, 3.05) is 6.61 Å². The van der Waals surface area contributed by atoms with Crippen LogP contribution in [0, 0.1) is 12.8 Å². The predicted molar refractivity (Wildman–Crippen MR) is 69.3 cm³/mol. The number of aryl methyl sites for hydroxylation is 1. The summed E-state index contributed by atoms with van der Waals surface area (Å²) < 4.78 is 5.79. The highest BCUT2D eigenvalue weighted by molar-refractivity contribution is 5.94. The molecule has 1 aromatic carbocycles. The fraction of sp³-hybridized carbons (Fsp3) is 0.400. The Morgan fingerprint density at radius 3 is 2.71 bits per heavy atom. The number of allylic oxidation sites excluding steroid dienone is 1. The van der Waals surface area contributed by atoms with E-state index in [-0.39, 0.29) is 0 Å². The third-order valence-corrected chi connectivity index (χ3v) is 3.54. The maximum Gasteiger partial charge on any atom is 0.216 e. The Morgan fingerprint density at radius 1 is 1.12 bits per heavy atom. The summed E-state index contributed by atoms with van der Waals surface area (Å²) in [5, 5.41) is 0. The van der Waals surface area contributed by atoms with E-state index in [1.165, 1.54) is 5.56 Å². The van der Waals surface area contributed by atoms with Crippen LogP contribution < -0.4 is 0 Å². The normalized spacial score (nSPS) is 27.0. The third kappa shape index (κ3) is 2.12. The highest BCUT2D eigenvalue weighted by Crippen LogP contribution is 2.27. The minimum Gasteiger partial charge on any atom is -0.477 e. The van der Waals surface area contributed by atoms with E-state index in [4.69, 9.17) is 9.73 Å². The molecule has 1 heterocycles. The van der Waals surface area contributed by atoms with Gasteiger partial charge >= 0.3 is 0 Å². The van der Waals surface area contributed by atoms with Crippen LogP contribution >= 0.6 is 0 Å². The molecule has 0 spiro atoms. The molecular weight excluding hydrogens is 210 g/mol. The second kappa shape index (κ2) is 4.36. The molecule has 88 valence electrons. The Morgan fingerprint density at radius 2 is 1.88 bits per heavy atom. The van der Waals surface area contributed by atoms with Crippen LogP contribution in [0.4, 0.5) is 0 Å². The van der Waals surface area contributed by atoms with Crippen LogP contribution in [-0.4, -0.2) is 18.5 Å². The van der Waals surface area contributed by atoms with E-state index in [1.807, 2.05) is 0 Å². The zero-order valence-electron chi connectivity index (χ0n) is 10.1. The molecule has 17 heavy (non-hydrogen) atoms. The van der Waals surface area contributed by atoms with Gasteiger partial charge in [0.25, 0.3) is 0 Å². The van der Waals surface area contributed by atoms with E-state index in [0.29, 0.717) is 12.0 Å². The Balaban J connectivity index is 1.86. The molecule has 3 rings (SSSR count). The monoisotopic (exact) mass is 227 g/mol. The Labute approximate surface area is 102 Å². The first-order chi connectivity index (χ1) is 8.33. The highest BCUT2D eigenvalue weighted by atomic mass is 16.5. The molecule has 0 radical (unpaired) electrons. The number of nitrogens with zero attached hydrogens (tertiary/aromatic N) is 1. The van der Waals surface area contributed by atoms with E-state index in [2.05, 4.69) is 43.3 Å². The molecule has 2 nitrogen and oxygen atoms in total. The lowest BCUT2D eigenvalue weighted by molar-refractivity contribution is 0.186. The number of hydrogen-bond acceptors (Lipinski definition) is 2. The average Bonchev–Trinajstić information content (AvgIpc) is 2.39. The molecule has 0 bridgehead atoms. The molecule has 1 aliphatic heterocycles. The molecule has 2 atom stereocenters. The zero-order chi connectivity index (χ0) is 11.7. The third-order valence-electron chi connectivity index (χ3n) is 3.54. The molecule has 2 aliphatic rings. The van der Waals surface area contributed by atoms with Crippen molar-refractivity contribution in [1.29, 1.82) is 0 Å². The maximum atomic E-state index is 5.79. The summed E-state index contributed by atoms with van der Waals surface area (Å²) in [4.78, 5) is 4.75. The second-order valence-corrected chi connectivity index (χ2v) is 4.88. The van der Waals surface area contributed by atoms with Crippen LogP contribution in [0.5, 0.6) is 0 Å². The van der Waals surface area contributed by atoms with Crippen molar-refractivity contribution in [3.8, 4) is 0 Å². The quantitative estimate of drug-likeness (QED) is 0.675. The van der Waals surface area contributed by atoms with Crippen LogP contribution in [0.3, 0.4) is 0 Å². The van der Waals surface area contributed by atoms with Gasteiger partial charge in [0.15, 0.2) is 0 Å². The molecule has 0 N–H and O–H groups in total. The summed E-state index contributed by atoms with van der Waals surface area (Å²) in [5.74, 6) is 1.40. The van der Waals surface area contributed by atoms with Gasteiger partial charge in [0.05, 0.1) is 12.6 Å². The summed E-state index contributed by atoms with van der Waals surface area (Å²) in [6.45, 7) is 2.90. The lowest BCUT2D eigenvalue weighted by Crippen LogP contribution is -2.32. The van der Waals surface area contributed by atoms with Crippen LogP contribution in [0.25, 0.3) is 0 Å². The minimum absolute atomic E-state index is 0.421. The lowest BCUT2D eigenvalue weighted by Gasteiger charge is -2.30. The van der Waals surface area contributed by atoms with Crippen LogP contribution in [-0.2, 0) is 4.74 Å². The maximum absolute atomic E-state index is 5.79. The number of fused-ring (bicyclic) bond motifs is 1. The summed E-state index contributed by atoms with van der Waals surface area (Å²) in [7, 11) is 0. The van der Waals surface area contributed by atoms with Gasteiger partial charge in [-0.25, -0.2) is 4.99 Å². The smallest absolute Gasteiger partial charge is 0.216 e. The lowest BCUT2D eigenvalue weighted by atomic mass is 9.89. The number of rotatable bonds is 1. The van der Waals surface area contributed by atoms with Crippen LogP contribution in [0.2, 0.25) is 0 Å². The van der Waals surface area contributed by atoms with Gasteiger partial charge in [-0.1, -0.05) is 29.8 Å². The average molecular weight is 227 g/mol. The van der Waals surface area contributed by atoms with Gasteiger partial charge in [-0.15, -0.1) is 0 Å². The number of aliphatic imine (C=N–C) groups is 1. The Hall–Kier alpha value is -1.57. The fourth-order valence-corrected chi connectivity index (χ4v) is 2.42. The van der Waals surface area contributed by atoms with Gasteiger partial charge in [-0.05, 0) is 31.9 Å². The predicted octanol–water partition coefficient (Wildman–Crippen LogP) is 3.11. The van der Waals surface area contributed by atoms with Crippen molar-refractivity contribution < 1.29 is 4.74 Å². The van der Waals surface area contributed by atoms with Gasteiger partial charge in [-0.3, -0.25) is 0 Å². The number of hydrogen-bond donors (Lipinski definition) is 0. The van der Waals surface area contributed by atoms with Crippen molar-refractivity contribution >= 4 is 5.90 Å². The molecule has 0 fully saturated rings. The first kappa shape index (κ1) is 10.6. The summed E-state index contributed by atoms with van der Waals surface area (Å²) in [5.41, 5.74) is 2.37. The van der Waals surface area contributed by atoms with E-state index < -0.39 is 0 Å². The van der Waals surface area contributed by atoms with Crippen molar-refractivity contribution in [2.24, 2.45) is 10.9 Å². The number of ether oxygens (including phenoxy) is 1. The summed E-state index contributed by atoms with van der Waals surface area (Å²) >= 11 is 0. The molecule has 0 aromatic heterocycles. The molecule has 0 saturated heterocycles. The molecule has 0 unspecified atom stereocenters. The molecule has 1 aliphatic carbocycles. The molecule has 0 amide bonds. The minimum atomic E-state index is 0.421. The van der Waals surface area contributed by atoms with E-state index in [9.17, 15) is 0 Å². The van der Waals surface area contributed by atoms with Gasteiger partial charge in [0.2, 0.25) is 5.90 Å². The SMILES string of the molecule is Cc1ccc(C2=N[C@H]3CC=CC[C@H]3CO2)cc1. The van der Waals surface area contributed by atoms with E-state index in [0.717, 1.165) is 30.9 Å². The van der Waals surface area contributed by atoms with Crippen LogP contribution in [0.1, 0.15) is 24.0 Å². The first-order valence-electron chi connectivity index (χ1n) is 6.25. The van der Waals surface area contributed by atoms with Gasteiger partial charge in [-0.2, -0.15) is 0 Å². The van der Waals surface area contributed by atoms with Crippen molar-refractivity contribution in [3.05, 3.63) is 47.5 Å².